The SMILES string of the molecule is C/C=C\C.CC.CCOc1cncc(/C=C/N)n1. The van der Waals surface area contributed by atoms with Gasteiger partial charge in [0.25, 0.3) is 0 Å². The minimum absolute atomic E-state index is 0.521. The van der Waals surface area contributed by atoms with Crippen molar-refractivity contribution in [3.63, 3.8) is 0 Å². The highest BCUT2D eigenvalue weighted by Gasteiger charge is 1.94. The molecule has 1 rings (SSSR count). The highest BCUT2D eigenvalue weighted by Crippen LogP contribution is 2.05. The largest absolute Gasteiger partial charge is 0.477 e. The van der Waals surface area contributed by atoms with Gasteiger partial charge in [0, 0.05) is 0 Å². The van der Waals surface area contributed by atoms with Crippen LogP contribution in [0, 0.1) is 0 Å². The Bertz CT molecular complexity index is 332. The third-order valence-corrected chi connectivity index (χ3v) is 1.52. The number of hydrogen-bond acceptors (Lipinski definition) is 4. The van der Waals surface area contributed by atoms with Gasteiger partial charge in [0.05, 0.1) is 24.7 Å². The molecule has 0 aliphatic rings. The van der Waals surface area contributed by atoms with Crippen LogP contribution in [0.2, 0.25) is 0 Å². The van der Waals surface area contributed by atoms with Crippen LogP contribution < -0.4 is 10.5 Å². The summed E-state index contributed by atoms with van der Waals surface area (Å²) in [5.74, 6) is 0.521. The number of aromatic nitrogens is 2. The van der Waals surface area contributed by atoms with Crippen LogP contribution in [0.15, 0.2) is 30.7 Å². The molecule has 1 aromatic rings. The fraction of sp³-hybridized carbons (Fsp3) is 0.429. The van der Waals surface area contributed by atoms with E-state index < -0.39 is 0 Å². The fourth-order valence-electron chi connectivity index (χ4n) is 0.759. The van der Waals surface area contributed by atoms with Crippen LogP contribution in [0.3, 0.4) is 0 Å². The molecule has 4 nitrogen and oxygen atoms in total. The van der Waals surface area contributed by atoms with E-state index in [1.807, 2.05) is 46.8 Å². The van der Waals surface area contributed by atoms with E-state index in [0.717, 1.165) is 0 Å². The Morgan fingerprint density at radius 2 is 1.83 bits per heavy atom. The molecule has 2 N–H and O–H groups in total. The van der Waals surface area contributed by atoms with E-state index in [9.17, 15) is 0 Å². The van der Waals surface area contributed by atoms with Crippen molar-refractivity contribution < 1.29 is 4.74 Å². The lowest BCUT2D eigenvalue weighted by Gasteiger charge is -2.00. The van der Waals surface area contributed by atoms with Crippen molar-refractivity contribution in [3.05, 3.63) is 36.4 Å². The van der Waals surface area contributed by atoms with Gasteiger partial charge >= 0.3 is 0 Å². The number of rotatable bonds is 3. The Balaban J connectivity index is 0. The van der Waals surface area contributed by atoms with Crippen molar-refractivity contribution in [3.8, 4) is 5.88 Å². The summed E-state index contributed by atoms with van der Waals surface area (Å²) in [5.41, 5.74) is 5.89. The second-order valence-electron chi connectivity index (χ2n) is 2.74. The van der Waals surface area contributed by atoms with Crippen molar-refractivity contribution in [2.45, 2.75) is 34.6 Å². The fourth-order valence-corrected chi connectivity index (χ4v) is 0.759. The van der Waals surface area contributed by atoms with E-state index in [2.05, 4.69) is 9.97 Å². The van der Waals surface area contributed by atoms with Crippen molar-refractivity contribution >= 4 is 6.08 Å². The predicted octanol–water partition coefficient (Wildman–Crippen LogP) is 3.41. The van der Waals surface area contributed by atoms with Gasteiger partial charge in [-0.25, -0.2) is 4.98 Å². The molecular weight excluding hydrogens is 226 g/mol. The maximum Gasteiger partial charge on any atom is 0.232 e. The Kier molecular flexibility index (Phi) is 15.6. The lowest BCUT2D eigenvalue weighted by atomic mass is 10.4. The van der Waals surface area contributed by atoms with E-state index in [4.69, 9.17) is 10.5 Å². The first-order chi connectivity index (χ1) is 8.78. The molecule has 1 aromatic heterocycles. The van der Waals surface area contributed by atoms with Crippen molar-refractivity contribution in [2.75, 3.05) is 6.61 Å². The third-order valence-electron chi connectivity index (χ3n) is 1.52. The molecule has 0 unspecified atom stereocenters. The highest BCUT2D eigenvalue weighted by atomic mass is 16.5. The summed E-state index contributed by atoms with van der Waals surface area (Å²) in [4.78, 5) is 8.03. The average Bonchev–Trinajstić information content (AvgIpc) is 2.43. The van der Waals surface area contributed by atoms with Crippen LogP contribution in [0.5, 0.6) is 5.88 Å². The molecule has 1 heterocycles. The van der Waals surface area contributed by atoms with E-state index in [1.54, 1.807) is 18.5 Å². The monoisotopic (exact) mass is 251 g/mol. The molecule has 0 saturated heterocycles. The molecule has 0 aliphatic heterocycles. The predicted molar refractivity (Wildman–Crippen MR) is 78.3 cm³/mol. The molecular formula is C14H25N3O. The smallest absolute Gasteiger partial charge is 0.232 e. The number of ether oxygens (including phenoxy) is 1. The molecule has 102 valence electrons. The number of nitrogens with two attached hydrogens (primary N) is 1. The van der Waals surface area contributed by atoms with E-state index in [-0.39, 0.29) is 0 Å². The van der Waals surface area contributed by atoms with Gasteiger partial charge in [0.15, 0.2) is 0 Å². The number of nitrogens with zero attached hydrogens (tertiary/aromatic N) is 2. The second-order valence-corrected chi connectivity index (χ2v) is 2.74. The Hall–Kier alpha value is -1.84. The molecule has 18 heavy (non-hydrogen) atoms. The Morgan fingerprint density at radius 3 is 2.28 bits per heavy atom. The van der Waals surface area contributed by atoms with Gasteiger partial charge < -0.3 is 10.5 Å². The summed E-state index contributed by atoms with van der Waals surface area (Å²) in [6.07, 6.45) is 10.3. The third kappa shape index (κ3) is 10.7. The summed E-state index contributed by atoms with van der Waals surface area (Å²) >= 11 is 0. The quantitative estimate of drug-likeness (QED) is 0.836. The first kappa shape index (κ1) is 18.5. The highest BCUT2D eigenvalue weighted by molar-refractivity contribution is 5.42. The van der Waals surface area contributed by atoms with Gasteiger partial charge in [-0.05, 0) is 33.0 Å². The molecule has 4 heteroatoms. The minimum atomic E-state index is 0.521. The second kappa shape index (κ2) is 15.2. The van der Waals surface area contributed by atoms with Crippen molar-refractivity contribution in [1.82, 2.24) is 9.97 Å². The Morgan fingerprint density at radius 1 is 1.22 bits per heavy atom. The average molecular weight is 251 g/mol. The van der Waals surface area contributed by atoms with Crippen molar-refractivity contribution in [1.29, 1.82) is 0 Å². The molecule has 0 aliphatic carbocycles. The standard InChI is InChI=1S/C8H11N3O.C4H8.C2H6/c1-2-12-8-6-10-5-7(11-8)3-4-9;1-3-4-2;1-2/h3-6H,2,9H2,1H3;3-4H,1-2H3;1-2H3/b4-3+;4-3-;. The molecule has 0 fully saturated rings. The first-order valence-corrected chi connectivity index (χ1v) is 6.18. The molecule has 0 spiro atoms. The van der Waals surface area contributed by atoms with Gasteiger partial charge in [-0.3, -0.25) is 4.98 Å². The molecule has 0 amide bonds. The van der Waals surface area contributed by atoms with Crippen LogP contribution in [-0.4, -0.2) is 16.6 Å². The van der Waals surface area contributed by atoms with E-state index in [0.29, 0.717) is 18.2 Å². The van der Waals surface area contributed by atoms with Gasteiger partial charge in [-0.2, -0.15) is 0 Å². The number of hydrogen-bond donors (Lipinski definition) is 1. The van der Waals surface area contributed by atoms with Crippen LogP contribution in [-0.2, 0) is 0 Å². The zero-order valence-corrected chi connectivity index (χ0v) is 12.1. The maximum atomic E-state index is 5.20. The molecule has 0 radical (unpaired) electrons. The van der Waals surface area contributed by atoms with Crippen LogP contribution >= 0.6 is 0 Å². The maximum absolute atomic E-state index is 5.20. The van der Waals surface area contributed by atoms with E-state index >= 15 is 0 Å². The summed E-state index contributed by atoms with van der Waals surface area (Å²) in [7, 11) is 0. The summed E-state index contributed by atoms with van der Waals surface area (Å²) in [6, 6.07) is 0. The van der Waals surface area contributed by atoms with E-state index in [1.165, 1.54) is 6.20 Å². The van der Waals surface area contributed by atoms with Gasteiger partial charge in [-0.1, -0.05) is 26.0 Å². The van der Waals surface area contributed by atoms with Crippen LogP contribution in [0.4, 0.5) is 0 Å². The van der Waals surface area contributed by atoms with Gasteiger partial charge in [0.2, 0.25) is 5.88 Å². The Labute approximate surface area is 111 Å². The molecule has 0 aromatic carbocycles. The minimum Gasteiger partial charge on any atom is -0.477 e. The van der Waals surface area contributed by atoms with Gasteiger partial charge in [-0.15, -0.1) is 0 Å². The molecule has 0 saturated carbocycles. The van der Waals surface area contributed by atoms with Gasteiger partial charge in [0.1, 0.15) is 0 Å². The topological polar surface area (TPSA) is 61.0 Å². The lowest BCUT2D eigenvalue weighted by Crippen LogP contribution is -1.96. The van der Waals surface area contributed by atoms with Crippen molar-refractivity contribution in [2.24, 2.45) is 5.73 Å². The molecule has 0 atom stereocenters. The first-order valence-electron chi connectivity index (χ1n) is 6.18. The van der Waals surface area contributed by atoms with Crippen LogP contribution in [0.1, 0.15) is 40.3 Å². The number of allylic oxidation sites excluding steroid dienone is 2. The summed E-state index contributed by atoms with van der Waals surface area (Å²) in [6.45, 7) is 10.5. The van der Waals surface area contributed by atoms with Crippen LogP contribution in [0.25, 0.3) is 6.08 Å². The lowest BCUT2D eigenvalue weighted by molar-refractivity contribution is 0.325. The molecule has 0 bridgehead atoms. The summed E-state index contributed by atoms with van der Waals surface area (Å²) < 4.78 is 5.14. The summed E-state index contributed by atoms with van der Waals surface area (Å²) in [5, 5.41) is 0. The zero-order valence-electron chi connectivity index (χ0n) is 12.1. The normalized spacial score (nSPS) is 9.39. The zero-order chi connectivity index (χ0) is 14.2.